The van der Waals surface area contributed by atoms with Crippen molar-refractivity contribution < 1.29 is 9.47 Å². The number of imidazole rings is 1. The normalized spacial score (nSPS) is 13.3. The third-order valence-electron chi connectivity index (χ3n) is 4.49. The van der Waals surface area contributed by atoms with Crippen molar-refractivity contribution in [2.75, 3.05) is 18.9 Å². The number of nitrogen functional groups attached to an aromatic ring is 1. The summed E-state index contributed by atoms with van der Waals surface area (Å²) in [6, 6.07) is 13.9. The highest BCUT2D eigenvalue weighted by Gasteiger charge is 2.18. The molecule has 0 aliphatic carbocycles. The van der Waals surface area contributed by atoms with E-state index in [1.54, 1.807) is 11.3 Å². The van der Waals surface area contributed by atoms with Crippen LogP contribution in [-0.2, 0) is 0 Å². The number of hydrogen-bond acceptors (Lipinski definition) is 5. The Balaban J connectivity index is 1.65. The monoisotopic (exact) mass is 363 g/mol. The third-order valence-corrected chi connectivity index (χ3v) is 5.46. The molecule has 0 radical (unpaired) electrons. The summed E-state index contributed by atoms with van der Waals surface area (Å²) in [6.45, 7) is 3.30. The Morgan fingerprint density at radius 2 is 1.88 bits per heavy atom. The van der Waals surface area contributed by atoms with E-state index in [0.29, 0.717) is 13.2 Å². The number of nitrogens with two attached hydrogens (primary N) is 1. The summed E-state index contributed by atoms with van der Waals surface area (Å²) in [7, 11) is 0. The van der Waals surface area contributed by atoms with Gasteiger partial charge in [-0.3, -0.25) is 4.40 Å². The van der Waals surface area contributed by atoms with Gasteiger partial charge in [0.05, 0.1) is 11.4 Å². The molecule has 0 spiro atoms. The molecule has 5 nitrogen and oxygen atoms in total. The maximum Gasteiger partial charge on any atom is 0.194 e. The molecule has 5 rings (SSSR count). The number of thiazole rings is 1. The van der Waals surface area contributed by atoms with Crippen LogP contribution in [0.1, 0.15) is 4.88 Å². The van der Waals surface area contributed by atoms with Gasteiger partial charge in [-0.2, -0.15) is 0 Å². The molecule has 0 fully saturated rings. The molecule has 0 atom stereocenters. The minimum absolute atomic E-state index is 0.582. The lowest BCUT2D eigenvalue weighted by molar-refractivity contribution is 0.171. The zero-order chi connectivity index (χ0) is 17.7. The van der Waals surface area contributed by atoms with Gasteiger partial charge < -0.3 is 15.2 Å². The number of nitrogens with zero attached hydrogens (tertiary/aromatic N) is 2. The number of aryl methyl sites for hydroxylation is 1. The summed E-state index contributed by atoms with van der Waals surface area (Å²) in [5.74, 6) is 1.60. The number of fused-ring (bicyclic) bond motifs is 2. The van der Waals surface area contributed by atoms with Crippen molar-refractivity contribution in [2.24, 2.45) is 0 Å². The summed E-state index contributed by atoms with van der Waals surface area (Å²) in [5, 5.41) is 0. The van der Waals surface area contributed by atoms with Crippen molar-refractivity contribution in [1.82, 2.24) is 9.38 Å². The van der Waals surface area contributed by atoms with Gasteiger partial charge in [-0.05, 0) is 37.3 Å². The lowest BCUT2D eigenvalue weighted by atomic mass is 10.1. The van der Waals surface area contributed by atoms with Crippen LogP contribution in [-0.4, -0.2) is 22.6 Å². The quantitative estimate of drug-likeness (QED) is 0.537. The fourth-order valence-electron chi connectivity index (χ4n) is 3.32. The van der Waals surface area contributed by atoms with Crippen LogP contribution in [0.3, 0.4) is 0 Å². The zero-order valence-corrected chi connectivity index (χ0v) is 15.0. The smallest absolute Gasteiger partial charge is 0.194 e. The Morgan fingerprint density at radius 1 is 1.04 bits per heavy atom. The van der Waals surface area contributed by atoms with E-state index in [0.717, 1.165) is 44.7 Å². The number of hydrogen-bond donors (Lipinski definition) is 1. The predicted octanol–water partition coefficient (Wildman–Crippen LogP) is 4.39. The van der Waals surface area contributed by atoms with E-state index in [9.17, 15) is 0 Å². The fourth-order valence-corrected chi connectivity index (χ4v) is 4.29. The van der Waals surface area contributed by atoms with Gasteiger partial charge in [-0.15, -0.1) is 11.3 Å². The SMILES string of the molecule is Cc1sc2nc(-c3cccc(N)c3)cn2c1-c1ccc2c(c1)OCCO2. The molecule has 2 N–H and O–H groups in total. The zero-order valence-electron chi connectivity index (χ0n) is 14.2. The van der Waals surface area contributed by atoms with E-state index in [-0.39, 0.29) is 0 Å². The second-order valence-corrected chi connectivity index (χ2v) is 7.45. The number of anilines is 1. The fraction of sp³-hybridized carbons (Fsp3) is 0.150. The number of ether oxygens (including phenoxy) is 2. The predicted molar refractivity (Wildman–Crippen MR) is 104 cm³/mol. The van der Waals surface area contributed by atoms with Crippen molar-refractivity contribution in [3.8, 4) is 34.0 Å². The topological polar surface area (TPSA) is 61.8 Å². The van der Waals surface area contributed by atoms with Gasteiger partial charge in [-0.25, -0.2) is 4.98 Å². The highest BCUT2D eigenvalue weighted by molar-refractivity contribution is 7.17. The first kappa shape index (κ1) is 15.3. The van der Waals surface area contributed by atoms with Crippen LogP contribution in [0.5, 0.6) is 11.5 Å². The van der Waals surface area contributed by atoms with Crippen LogP contribution in [0, 0.1) is 6.92 Å². The van der Waals surface area contributed by atoms with E-state index in [4.69, 9.17) is 20.2 Å². The van der Waals surface area contributed by atoms with Gasteiger partial charge >= 0.3 is 0 Å². The van der Waals surface area contributed by atoms with Crippen LogP contribution < -0.4 is 15.2 Å². The van der Waals surface area contributed by atoms with Gasteiger partial charge in [0, 0.05) is 27.9 Å². The van der Waals surface area contributed by atoms with Gasteiger partial charge in [-0.1, -0.05) is 12.1 Å². The largest absolute Gasteiger partial charge is 0.486 e. The minimum Gasteiger partial charge on any atom is -0.486 e. The van der Waals surface area contributed by atoms with Crippen molar-refractivity contribution in [1.29, 1.82) is 0 Å². The molecule has 6 heteroatoms. The maximum absolute atomic E-state index is 5.92. The van der Waals surface area contributed by atoms with Gasteiger partial charge in [0.1, 0.15) is 13.2 Å². The summed E-state index contributed by atoms with van der Waals surface area (Å²) in [5.41, 5.74) is 10.8. The highest BCUT2D eigenvalue weighted by atomic mass is 32.1. The molecule has 3 heterocycles. The standard InChI is InChI=1S/C20H17N3O2S/c1-12-19(14-5-6-17-18(10-14)25-8-7-24-17)23-11-16(22-20(23)26-12)13-3-2-4-15(21)9-13/h2-6,9-11H,7-8,21H2,1H3. The number of benzene rings is 2. The lowest BCUT2D eigenvalue weighted by Crippen LogP contribution is -2.15. The summed E-state index contributed by atoms with van der Waals surface area (Å²) in [4.78, 5) is 6.96. The highest BCUT2D eigenvalue weighted by Crippen LogP contribution is 2.38. The molecule has 0 unspecified atom stereocenters. The molecular formula is C20H17N3O2S. The Kier molecular flexibility index (Phi) is 3.39. The van der Waals surface area contributed by atoms with Crippen molar-refractivity contribution in [3.05, 3.63) is 53.5 Å². The van der Waals surface area contributed by atoms with E-state index < -0.39 is 0 Å². The van der Waals surface area contributed by atoms with Crippen LogP contribution in [0.25, 0.3) is 27.5 Å². The molecule has 2 aromatic carbocycles. The first-order valence-electron chi connectivity index (χ1n) is 8.43. The first-order chi connectivity index (χ1) is 12.7. The molecule has 1 aliphatic heterocycles. The second-order valence-electron chi connectivity index (χ2n) is 6.27. The van der Waals surface area contributed by atoms with Crippen molar-refractivity contribution in [2.45, 2.75) is 6.92 Å². The van der Waals surface area contributed by atoms with E-state index in [1.807, 2.05) is 36.4 Å². The number of rotatable bonds is 2. The minimum atomic E-state index is 0.582. The molecule has 130 valence electrons. The molecule has 0 bridgehead atoms. The maximum atomic E-state index is 5.92. The Morgan fingerprint density at radius 3 is 2.73 bits per heavy atom. The van der Waals surface area contributed by atoms with Gasteiger partial charge in [0.25, 0.3) is 0 Å². The van der Waals surface area contributed by atoms with Crippen molar-refractivity contribution >= 4 is 22.0 Å². The molecular weight excluding hydrogens is 346 g/mol. The van der Waals surface area contributed by atoms with Crippen LogP contribution >= 0.6 is 11.3 Å². The van der Waals surface area contributed by atoms with Crippen LogP contribution in [0.2, 0.25) is 0 Å². The Bertz CT molecular complexity index is 1130. The van der Waals surface area contributed by atoms with E-state index in [1.165, 1.54) is 4.88 Å². The third kappa shape index (κ3) is 2.42. The molecule has 1 aliphatic rings. The van der Waals surface area contributed by atoms with E-state index >= 15 is 0 Å². The summed E-state index contributed by atoms with van der Waals surface area (Å²) < 4.78 is 13.5. The van der Waals surface area contributed by atoms with Crippen LogP contribution in [0.4, 0.5) is 5.69 Å². The molecule has 0 saturated heterocycles. The van der Waals surface area contributed by atoms with E-state index in [2.05, 4.69) is 23.6 Å². The van der Waals surface area contributed by atoms with Crippen LogP contribution in [0.15, 0.2) is 48.7 Å². The Hall–Kier alpha value is -2.99. The molecule has 26 heavy (non-hydrogen) atoms. The Labute approximate surface area is 154 Å². The lowest BCUT2D eigenvalue weighted by Gasteiger charge is -2.18. The number of aromatic nitrogens is 2. The molecule has 2 aromatic heterocycles. The molecule has 0 saturated carbocycles. The molecule has 0 amide bonds. The average molecular weight is 363 g/mol. The van der Waals surface area contributed by atoms with Gasteiger partial charge in [0.15, 0.2) is 16.5 Å². The molecule has 4 aromatic rings. The second kappa shape index (κ2) is 5.78. The summed E-state index contributed by atoms with van der Waals surface area (Å²) >= 11 is 1.68. The summed E-state index contributed by atoms with van der Waals surface area (Å²) in [6.07, 6.45) is 2.07. The average Bonchev–Trinajstić information content (AvgIpc) is 3.18. The first-order valence-corrected chi connectivity index (χ1v) is 9.25. The van der Waals surface area contributed by atoms with Gasteiger partial charge in [0.2, 0.25) is 0 Å². The van der Waals surface area contributed by atoms with Crippen molar-refractivity contribution in [3.63, 3.8) is 0 Å².